The average Bonchev–Trinajstić information content (AvgIpc) is 3.12. The van der Waals surface area contributed by atoms with Crippen molar-refractivity contribution >= 4 is 17.7 Å². The Balaban J connectivity index is 1.58. The zero-order chi connectivity index (χ0) is 18.1. The summed E-state index contributed by atoms with van der Waals surface area (Å²) in [4.78, 5) is 17.9. The number of benzene rings is 1. The Bertz CT molecular complexity index is 627. The molecule has 0 saturated carbocycles. The van der Waals surface area contributed by atoms with E-state index in [1.54, 1.807) is 7.11 Å². The Morgan fingerprint density at radius 1 is 1.19 bits per heavy atom. The summed E-state index contributed by atoms with van der Waals surface area (Å²) in [5.41, 5.74) is 1.35. The van der Waals surface area contributed by atoms with E-state index < -0.39 is 0 Å². The summed E-state index contributed by atoms with van der Waals surface area (Å²) in [6, 6.07) is 9.43. The molecule has 5 heteroatoms. The zero-order valence-corrected chi connectivity index (χ0v) is 16.7. The number of ether oxygens (including phenoxy) is 1. The molecule has 0 aliphatic carbocycles. The summed E-state index contributed by atoms with van der Waals surface area (Å²) in [5.74, 6) is 4.42. The highest BCUT2D eigenvalue weighted by Gasteiger charge is 2.54. The largest absolute Gasteiger partial charge is 0.497 e. The number of likely N-dealkylation sites (tertiary alicyclic amines) is 1. The molecule has 4 aliphatic heterocycles. The first-order chi connectivity index (χ1) is 12.7. The van der Waals surface area contributed by atoms with Crippen molar-refractivity contribution in [3.63, 3.8) is 0 Å². The minimum absolute atomic E-state index is 0.366. The second-order valence-corrected chi connectivity index (χ2v) is 9.12. The van der Waals surface area contributed by atoms with Crippen LogP contribution in [0.5, 0.6) is 5.75 Å². The predicted octanol–water partition coefficient (Wildman–Crippen LogP) is 3.23. The summed E-state index contributed by atoms with van der Waals surface area (Å²) in [7, 11) is 1.71. The van der Waals surface area contributed by atoms with Crippen LogP contribution >= 0.6 is 11.8 Å². The van der Waals surface area contributed by atoms with Gasteiger partial charge in [-0.15, -0.1) is 0 Å². The van der Waals surface area contributed by atoms with Gasteiger partial charge in [-0.05, 0) is 55.3 Å². The highest BCUT2D eigenvalue weighted by molar-refractivity contribution is 7.99. The van der Waals surface area contributed by atoms with E-state index in [2.05, 4.69) is 41.0 Å². The van der Waals surface area contributed by atoms with Crippen molar-refractivity contribution in [3.05, 3.63) is 29.8 Å². The number of piperidine rings is 3. The standard InChI is InChI=1S/C21H30N2O2S/c1-3-26-13-10-19(24)23-14-18(15-4-6-17(25-2)7-5-15)21-20(23)16-8-11-22(21)12-9-16/h4-7,16,18,20-21H,3,8-14H2,1-2H3/t18-,20+,21+/m0/s1. The Morgan fingerprint density at radius 2 is 1.92 bits per heavy atom. The van der Waals surface area contributed by atoms with E-state index in [1.165, 1.54) is 31.5 Å². The molecule has 0 unspecified atom stereocenters. The first kappa shape index (κ1) is 18.2. The Hall–Kier alpha value is -1.20. The van der Waals surface area contributed by atoms with Crippen LogP contribution in [0.3, 0.4) is 0 Å². The Kier molecular flexibility index (Phi) is 5.46. The predicted molar refractivity (Wildman–Crippen MR) is 107 cm³/mol. The van der Waals surface area contributed by atoms with Crippen molar-refractivity contribution < 1.29 is 9.53 Å². The van der Waals surface area contributed by atoms with E-state index >= 15 is 0 Å². The highest BCUT2D eigenvalue weighted by Crippen LogP contribution is 2.46. The molecule has 1 aromatic carbocycles. The SMILES string of the molecule is CCSCCC(=O)N1C[C@@H](c2ccc(OC)cc2)[C@@H]2[C@H]1C1CCN2CC1. The molecule has 0 spiro atoms. The topological polar surface area (TPSA) is 32.8 Å². The molecular weight excluding hydrogens is 344 g/mol. The van der Waals surface area contributed by atoms with Gasteiger partial charge < -0.3 is 9.64 Å². The van der Waals surface area contributed by atoms with Crippen LogP contribution in [0.25, 0.3) is 0 Å². The lowest BCUT2D eigenvalue weighted by Crippen LogP contribution is -2.60. The first-order valence-corrected chi connectivity index (χ1v) is 11.1. The number of nitrogens with zero attached hydrogens (tertiary/aromatic N) is 2. The van der Waals surface area contributed by atoms with E-state index in [9.17, 15) is 4.79 Å². The van der Waals surface area contributed by atoms with Crippen LogP contribution < -0.4 is 4.74 Å². The van der Waals surface area contributed by atoms with E-state index in [0.29, 0.717) is 36.2 Å². The van der Waals surface area contributed by atoms with E-state index in [0.717, 1.165) is 23.8 Å². The van der Waals surface area contributed by atoms with Gasteiger partial charge in [0.15, 0.2) is 0 Å². The number of methoxy groups -OCH3 is 1. The number of amides is 1. The van der Waals surface area contributed by atoms with Gasteiger partial charge in [0.25, 0.3) is 0 Å². The minimum Gasteiger partial charge on any atom is -0.497 e. The van der Waals surface area contributed by atoms with Crippen molar-refractivity contribution in [1.29, 1.82) is 0 Å². The van der Waals surface area contributed by atoms with Crippen molar-refractivity contribution in [2.75, 3.05) is 38.2 Å². The lowest BCUT2D eigenvalue weighted by Gasteiger charge is -2.51. The molecule has 4 saturated heterocycles. The maximum Gasteiger partial charge on any atom is 0.223 e. The number of thioether (sulfide) groups is 1. The third-order valence-corrected chi connectivity index (χ3v) is 7.42. The molecule has 4 nitrogen and oxygen atoms in total. The summed E-state index contributed by atoms with van der Waals surface area (Å²) >= 11 is 1.87. The molecule has 4 heterocycles. The summed E-state index contributed by atoms with van der Waals surface area (Å²) in [6.07, 6.45) is 3.19. The number of carbonyl (C=O) groups excluding carboxylic acids is 1. The third-order valence-electron chi connectivity index (χ3n) is 6.52. The van der Waals surface area contributed by atoms with E-state index in [4.69, 9.17) is 4.74 Å². The molecule has 1 aromatic rings. The van der Waals surface area contributed by atoms with Crippen molar-refractivity contribution in [1.82, 2.24) is 9.80 Å². The molecule has 142 valence electrons. The molecule has 26 heavy (non-hydrogen) atoms. The van der Waals surface area contributed by atoms with Gasteiger partial charge in [-0.1, -0.05) is 19.1 Å². The van der Waals surface area contributed by atoms with E-state index in [1.807, 2.05) is 11.8 Å². The lowest BCUT2D eigenvalue weighted by molar-refractivity contribution is -0.135. The normalized spacial score (nSPS) is 32.5. The fourth-order valence-corrected chi connectivity index (χ4v) is 5.90. The molecule has 1 amide bonds. The van der Waals surface area contributed by atoms with Gasteiger partial charge in [0.1, 0.15) is 5.75 Å². The van der Waals surface area contributed by atoms with Gasteiger partial charge in [-0.25, -0.2) is 0 Å². The second kappa shape index (κ2) is 7.81. The van der Waals surface area contributed by atoms with Crippen molar-refractivity contribution in [3.8, 4) is 5.75 Å². The molecule has 4 aliphatic rings. The van der Waals surface area contributed by atoms with Crippen LogP contribution in [0.4, 0.5) is 0 Å². The van der Waals surface area contributed by atoms with Crippen LogP contribution in [-0.2, 0) is 4.79 Å². The molecule has 0 N–H and O–H groups in total. The number of rotatable bonds is 6. The van der Waals surface area contributed by atoms with Crippen LogP contribution in [-0.4, -0.2) is 66.0 Å². The fraction of sp³-hybridized carbons (Fsp3) is 0.667. The number of hydrogen-bond donors (Lipinski definition) is 0. The maximum absolute atomic E-state index is 13.0. The number of carbonyl (C=O) groups is 1. The molecule has 0 radical (unpaired) electrons. The highest BCUT2D eigenvalue weighted by atomic mass is 32.2. The quantitative estimate of drug-likeness (QED) is 0.716. The van der Waals surface area contributed by atoms with Crippen LogP contribution in [0, 0.1) is 5.92 Å². The smallest absolute Gasteiger partial charge is 0.223 e. The van der Waals surface area contributed by atoms with Gasteiger partial charge in [0, 0.05) is 30.7 Å². The first-order valence-electron chi connectivity index (χ1n) is 9.98. The Morgan fingerprint density at radius 3 is 2.58 bits per heavy atom. The van der Waals surface area contributed by atoms with Gasteiger partial charge in [-0.2, -0.15) is 11.8 Å². The van der Waals surface area contributed by atoms with Crippen molar-refractivity contribution in [2.24, 2.45) is 5.92 Å². The zero-order valence-electron chi connectivity index (χ0n) is 15.9. The molecule has 2 bridgehead atoms. The summed E-state index contributed by atoms with van der Waals surface area (Å²) < 4.78 is 5.32. The monoisotopic (exact) mass is 374 g/mol. The maximum atomic E-state index is 13.0. The minimum atomic E-state index is 0.366. The summed E-state index contributed by atoms with van der Waals surface area (Å²) in [5, 5.41) is 0. The van der Waals surface area contributed by atoms with Crippen LogP contribution in [0.1, 0.15) is 37.7 Å². The molecule has 0 aromatic heterocycles. The fourth-order valence-electron chi connectivity index (χ4n) is 5.30. The van der Waals surface area contributed by atoms with Crippen LogP contribution in [0.2, 0.25) is 0 Å². The molecule has 4 fully saturated rings. The van der Waals surface area contributed by atoms with Gasteiger partial charge in [0.2, 0.25) is 5.91 Å². The molecule has 5 rings (SSSR count). The van der Waals surface area contributed by atoms with Gasteiger partial charge >= 0.3 is 0 Å². The van der Waals surface area contributed by atoms with Gasteiger partial charge in [0.05, 0.1) is 13.2 Å². The lowest BCUT2D eigenvalue weighted by atomic mass is 9.75. The molecule has 3 atom stereocenters. The summed E-state index contributed by atoms with van der Waals surface area (Å²) in [6.45, 7) is 5.44. The third kappa shape index (κ3) is 3.24. The average molecular weight is 375 g/mol. The second-order valence-electron chi connectivity index (χ2n) is 7.73. The van der Waals surface area contributed by atoms with Gasteiger partial charge in [-0.3, -0.25) is 9.69 Å². The van der Waals surface area contributed by atoms with E-state index in [-0.39, 0.29) is 0 Å². The number of fused-ring (bicyclic) bond motifs is 2. The molecular formula is C21H30N2O2S. The number of hydrogen-bond acceptors (Lipinski definition) is 4. The van der Waals surface area contributed by atoms with Crippen LogP contribution in [0.15, 0.2) is 24.3 Å². The van der Waals surface area contributed by atoms with Crippen molar-refractivity contribution in [2.45, 2.75) is 44.2 Å². The Labute approximate surface area is 161 Å².